The Morgan fingerprint density at radius 2 is 1.88 bits per heavy atom. The number of rotatable bonds is 9. The van der Waals surface area contributed by atoms with Crippen LogP contribution in [0.25, 0.3) is 0 Å². The number of para-hydroxylation sites is 2. The van der Waals surface area contributed by atoms with Gasteiger partial charge < -0.3 is 25.2 Å². The van der Waals surface area contributed by atoms with Gasteiger partial charge in [-0.3, -0.25) is 9.69 Å². The maximum absolute atomic E-state index is 12.4. The van der Waals surface area contributed by atoms with E-state index in [-0.39, 0.29) is 12.0 Å². The van der Waals surface area contributed by atoms with Gasteiger partial charge in [0.2, 0.25) is 5.91 Å². The summed E-state index contributed by atoms with van der Waals surface area (Å²) in [5.74, 6) is 2.45. The highest BCUT2D eigenvalue weighted by Crippen LogP contribution is 2.31. The van der Waals surface area contributed by atoms with Crippen molar-refractivity contribution in [3.8, 4) is 11.5 Å². The summed E-state index contributed by atoms with van der Waals surface area (Å²) < 4.78 is 11.6. The highest BCUT2D eigenvalue weighted by atomic mass is 32.2. The van der Waals surface area contributed by atoms with Crippen LogP contribution in [0.15, 0.2) is 53.4 Å². The Morgan fingerprint density at radius 1 is 1.15 bits per heavy atom. The second-order valence-electron chi connectivity index (χ2n) is 8.45. The van der Waals surface area contributed by atoms with Crippen LogP contribution in [0.5, 0.6) is 11.5 Å². The number of nitrogens with one attached hydrogen (secondary N) is 2. The SMILES string of the molecule is CCSc1ccc(NC(=O)CN2CCC(NCC(O)C3COc4ccccc4O3)CC2)cc1. The number of fused-ring (bicyclic) bond motifs is 1. The maximum atomic E-state index is 12.4. The number of benzene rings is 2. The number of hydrogen-bond donors (Lipinski definition) is 3. The van der Waals surface area contributed by atoms with Crippen LogP contribution in [0, 0.1) is 0 Å². The first-order valence-electron chi connectivity index (χ1n) is 11.7. The number of anilines is 1. The normalized spacial score (nSPS) is 19.8. The van der Waals surface area contributed by atoms with Gasteiger partial charge in [-0.1, -0.05) is 19.1 Å². The summed E-state index contributed by atoms with van der Waals surface area (Å²) in [6.45, 7) is 5.02. The predicted octanol–water partition coefficient (Wildman–Crippen LogP) is 2.99. The van der Waals surface area contributed by atoms with Crippen molar-refractivity contribution < 1.29 is 19.4 Å². The van der Waals surface area contributed by atoms with Crippen molar-refractivity contribution >= 4 is 23.4 Å². The standard InChI is InChI=1S/C25H33N3O4S/c1-2-33-20-9-7-19(8-10-20)27-25(30)16-28-13-11-18(12-14-28)26-15-21(29)24-17-31-22-5-3-4-6-23(22)32-24/h3-10,18,21,24,26,29H,2,11-17H2,1H3,(H,27,30). The molecule has 2 heterocycles. The lowest BCUT2D eigenvalue weighted by Crippen LogP contribution is -2.50. The van der Waals surface area contributed by atoms with Gasteiger partial charge in [0, 0.05) is 36.3 Å². The topological polar surface area (TPSA) is 83.1 Å². The summed E-state index contributed by atoms with van der Waals surface area (Å²) in [6, 6.07) is 15.8. The molecular weight excluding hydrogens is 438 g/mol. The Bertz CT molecular complexity index is 903. The molecule has 0 aromatic heterocycles. The highest BCUT2D eigenvalue weighted by molar-refractivity contribution is 7.99. The monoisotopic (exact) mass is 471 g/mol. The summed E-state index contributed by atoms with van der Waals surface area (Å²) in [5.41, 5.74) is 0.836. The van der Waals surface area contributed by atoms with Crippen molar-refractivity contribution in [2.24, 2.45) is 0 Å². The van der Waals surface area contributed by atoms with E-state index in [1.807, 2.05) is 48.5 Å². The average molecular weight is 472 g/mol. The first-order valence-corrected chi connectivity index (χ1v) is 12.6. The first kappa shape index (κ1) is 23.9. The number of piperidine rings is 1. The van der Waals surface area contributed by atoms with Gasteiger partial charge in [-0.2, -0.15) is 0 Å². The number of hydrogen-bond acceptors (Lipinski definition) is 7. The van der Waals surface area contributed by atoms with E-state index >= 15 is 0 Å². The molecule has 2 aromatic rings. The second kappa shape index (κ2) is 11.7. The number of carbonyl (C=O) groups is 1. The van der Waals surface area contributed by atoms with E-state index in [2.05, 4.69) is 22.5 Å². The quantitative estimate of drug-likeness (QED) is 0.485. The molecule has 0 radical (unpaired) electrons. The smallest absolute Gasteiger partial charge is 0.238 e. The fourth-order valence-electron chi connectivity index (χ4n) is 4.14. The molecule has 1 fully saturated rings. The van der Waals surface area contributed by atoms with Crippen molar-refractivity contribution in [1.82, 2.24) is 10.2 Å². The van der Waals surface area contributed by atoms with Gasteiger partial charge in [0.05, 0.1) is 6.54 Å². The summed E-state index contributed by atoms with van der Waals surface area (Å²) in [7, 11) is 0. The number of carbonyl (C=O) groups excluding carboxylic acids is 1. The van der Waals surface area contributed by atoms with Crippen LogP contribution in [0.3, 0.4) is 0 Å². The van der Waals surface area contributed by atoms with Gasteiger partial charge in [0.25, 0.3) is 0 Å². The van der Waals surface area contributed by atoms with Crippen molar-refractivity contribution in [3.05, 3.63) is 48.5 Å². The molecule has 2 aromatic carbocycles. The molecule has 7 nitrogen and oxygen atoms in total. The molecule has 1 amide bonds. The Hall–Kier alpha value is -2.26. The molecule has 0 saturated carbocycles. The molecule has 33 heavy (non-hydrogen) atoms. The molecule has 0 spiro atoms. The highest BCUT2D eigenvalue weighted by Gasteiger charge is 2.28. The van der Waals surface area contributed by atoms with Gasteiger partial charge in [-0.05, 0) is 55.0 Å². The number of thioether (sulfide) groups is 1. The number of nitrogens with zero attached hydrogens (tertiary/aromatic N) is 1. The fourth-order valence-corrected chi connectivity index (χ4v) is 4.81. The lowest BCUT2D eigenvalue weighted by Gasteiger charge is -2.34. The number of likely N-dealkylation sites (tertiary alicyclic amines) is 1. The zero-order chi connectivity index (χ0) is 23.0. The average Bonchev–Trinajstić information content (AvgIpc) is 2.84. The summed E-state index contributed by atoms with van der Waals surface area (Å²) in [5, 5.41) is 17.0. The van der Waals surface area contributed by atoms with E-state index in [1.54, 1.807) is 11.8 Å². The van der Waals surface area contributed by atoms with Gasteiger partial charge in [0.1, 0.15) is 12.7 Å². The Balaban J connectivity index is 1.14. The minimum atomic E-state index is -0.649. The third-order valence-corrected chi connectivity index (χ3v) is 6.87. The van der Waals surface area contributed by atoms with E-state index < -0.39 is 6.10 Å². The Kier molecular flexibility index (Phi) is 8.50. The maximum Gasteiger partial charge on any atom is 0.238 e. The van der Waals surface area contributed by atoms with Crippen molar-refractivity contribution in [2.45, 2.75) is 42.9 Å². The minimum absolute atomic E-state index is 0.0162. The number of amides is 1. The molecule has 2 unspecified atom stereocenters. The third-order valence-electron chi connectivity index (χ3n) is 5.98. The molecule has 1 saturated heterocycles. The summed E-state index contributed by atoms with van der Waals surface area (Å²) in [4.78, 5) is 15.8. The predicted molar refractivity (Wildman–Crippen MR) is 131 cm³/mol. The van der Waals surface area contributed by atoms with Crippen molar-refractivity contribution in [1.29, 1.82) is 0 Å². The van der Waals surface area contributed by atoms with Crippen LogP contribution in [0.4, 0.5) is 5.69 Å². The van der Waals surface area contributed by atoms with Crippen molar-refractivity contribution in [2.75, 3.05) is 43.9 Å². The molecule has 2 atom stereocenters. The van der Waals surface area contributed by atoms with Crippen LogP contribution in [-0.2, 0) is 4.79 Å². The molecule has 8 heteroatoms. The van der Waals surface area contributed by atoms with Gasteiger partial charge in [-0.25, -0.2) is 0 Å². The number of aliphatic hydroxyl groups excluding tert-OH is 1. The largest absolute Gasteiger partial charge is 0.486 e. The Labute approximate surface area is 199 Å². The second-order valence-corrected chi connectivity index (χ2v) is 9.78. The van der Waals surface area contributed by atoms with Crippen molar-refractivity contribution in [3.63, 3.8) is 0 Å². The minimum Gasteiger partial charge on any atom is -0.486 e. The van der Waals surface area contributed by atoms with Gasteiger partial charge >= 0.3 is 0 Å². The van der Waals surface area contributed by atoms with Crippen LogP contribution in [-0.4, -0.2) is 72.7 Å². The molecule has 0 aliphatic carbocycles. The van der Waals surface area contributed by atoms with Gasteiger partial charge in [-0.15, -0.1) is 11.8 Å². The molecular formula is C25H33N3O4S. The first-order chi connectivity index (χ1) is 16.1. The van der Waals surface area contributed by atoms with E-state index in [0.29, 0.717) is 31.5 Å². The number of ether oxygens (including phenoxy) is 2. The molecule has 2 aliphatic heterocycles. The van der Waals surface area contributed by atoms with Gasteiger partial charge in [0.15, 0.2) is 17.6 Å². The van der Waals surface area contributed by atoms with Crippen LogP contribution < -0.4 is 20.1 Å². The lowest BCUT2D eigenvalue weighted by atomic mass is 10.0. The van der Waals surface area contributed by atoms with E-state index in [4.69, 9.17) is 9.47 Å². The van der Waals surface area contributed by atoms with E-state index in [0.717, 1.165) is 43.1 Å². The fraction of sp³-hybridized carbons (Fsp3) is 0.480. The molecule has 3 N–H and O–H groups in total. The molecule has 2 aliphatic rings. The number of aliphatic hydroxyl groups is 1. The molecule has 4 rings (SSSR count). The lowest BCUT2D eigenvalue weighted by molar-refractivity contribution is -0.117. The third kappa shape index (κ3) is 6.86. The Morgan fingerprint density at radius 3 is 2.61 bits per heavy atom. The van der Waals surface area contributed by atoms with E-state index in [1.165, 1.54) is 4.90 Å². The zero-order valence-electron chi connectivity index (χ0n) is 19.0. The molecule has 178 valence electrons. The van der Waals surface area contributed by atoms with E-state index in [9.17, 15) is 9.90 Å². The van der Waals surface area contributed by atoms with Crippen LogP contribution >= 0.6 is 11.8 Å². The zero-order valence-corrected chi connectivity index (χ0v) is 19.9. The van der Waals surface area contributed by atoms with Crippen LogP contribution in [0.2, 0.25) is 0 Å². The summed E-state index contributed by atoms with van der Waals surface area (Å²) >= 11 is 1.79. The summed E-state index contributed by atoms with van der Waals surface area (Å²) in [6.07, 6.45) is 0.844. The van der Waals surface area contributed by atoms with Crippen LogP contribution in [0.1, 0.15) is 19.8 Å². The molecule has 0 bridgehead atoms.